The standard InChI is InChI=1S/C20H23N3O3S2/c1-4-26-20(25)17-13(3)16-18(21-10-12(2)24)22-15(23-19(16)28-17)11-27-14-8-6-5-7-9-14/h5-9,12,24H,4,10-11H2,1-3H3,(H,21,22,23). The molecule has 0 amide bonds. The average Bonchev–Trinajstić information content (AvgIpc) is 3.02. The number of aryl methyl sites for hydroxylation is 1. The van der Waals surface area contributed by atoms with Gasteiger partial charge in [-0.25, -0.2) is 14.8 Å². The molecule has 28 heavy (non-hydrogen) atoms. The molecule has 0 fully saturated rings. The zero-order valence-electron chi connectivity index (χ0n) is 16.1. The summed E-state index contributed by atoms with van der Waals surface area (Å²) in [5, 5.41) is 13.7. The molecule has 1 aromatic carbocycles. The number of carbonyl (C=O) groups excluding carboxylic acids is 1. The number of ether oxygens (including phenoxy) is 1. The lowest BCUT2D eigenvalue weighted by Gasteiger charge is -2.11. The van der Waals surface area contributed by atoms with Crippen LogP contribution in [0.15, 0.2) is 35.2 Å². The molecule has 2 heterocycles. The minimum absolute atomic E-state index is 0.324. The van der Waals surface area contributed by atoms with E-state index >= 15 is 0 Å². The summed E-state index contributed by atoms with van der Waals surface area (Å²) < 4.78 is 5.17. The Bertz CT molecular complexity index is 958. The van der Waals surface area contributed by atoms with Crippen LogP contribution in [0.3, 0.4) is 0 Å². The molecule has 0 aliphatic rings. The maximum atomic E-state index is 12.3. The molecule has 0 spiro atoms. The Morgan fingerprint density at radius 3 is 2.75 bits per heavy atom. The highest BCUT2D eigenvalue weighted by atomic mass is 32.2. The first kappa shape index (κ1) is 20.6. The molecule has 148 valence electrons. The molecule has 0 radical (unpaired) electrons. The van der Waals surface area contributed by atoms with E-state index in [9.17, 15) is 9.90 Å². The van der Waals surface area contributed by atoms with Crippen LogP contribution in [0, 0.1) is 6.92 Å². The van der Waals surface area contributed by atoms with Crippen molar-refractivity contribution in [3.8, 4) is 0 Å². The summed E-state index contributed by atoms with van der Waals surface area (Å²) in [6, 6.07) is 10.1. The maximum absolute atomic E-state index is 12.3. The highest BCUT2D eigenvalue weighted by Crippen LogP contribution is 2.35. The fraction of sp³-hybridized carbons (Fsp3) is 0.350. The van der Waals surface area contributed by atoms with E-state index in [2.05, 4.69) is 15.3 Å². The van der Waals surface area contributed by atoms with Gasteiger partial charge in [-0.2, -0.15) is 0 Å². The zero-order valence-corrected chi connectivity index (χ0v) is 17.7. The van der Waals surface area contributed by atoms with E-state index in [1.807, 2.05) is 37.3 Å². The van der Waals surface area contributed by atoms with E-state index < -0.39 is 6.10 Å². The van der Waals surface area contributed by atoms with E-state index in [0.29, 0.717) is 35.4 Å². The van der Waals surface area contributed by atoms with E-state index in [1.54, 1.807) is 25.6 Å². The van der Waals surface area contributed by atoms with Crippen molar-refractivity contribution in [3.63, 3.8) is 0 Å². The van der Waals surface area contributed by atoms with E-state index in [-0.39, 0.29) is 5.97 Å². The fourth-order valence-corrected chi connectivity index (χ4v) is 4.54. The molecule has 3 rings (SSSR count). The Labute approximate surface area is 172 Å². The molecule has 2 N–H and O–H groups in total. The van der Waals surface area contributed by atoms with Crippen molar-refractivity contribution in [2.75, 3.05) is 18.5 Å². The van der Waals surface area contributed by atoms with Crippen LogP contribution in [-0.2, 0) is 10.5 Å². The number of thiophene rings is 1. The largest absolute Gasteiger partial charge is 0.462 e. The van der Waals surface area contributed by atoms with Gasteiger partial charge in [0.25, 0.3) is 0 Å². The SMILES string of the molecule is CCOC(=O)c1sc2nc(CSc3ccccc3)nc(NCC(C)O)c2c1C. The molecule has 0 aliphatic carbocycles. The molecule has 3 aromatic rings. The summed E-state index contributed by atoms with van der Waals surface area (Å²) in [6.07, 6.45) is -0.518. The number of esters is 1. The summed E-state index contributed by atoms with van der Waals surface area (Å²) in [5.74, 6) is 1.57. The van der Waals surface area contributed by atoms with Gasteiger partial charge in [0.05, 0.1) is 23.8 Å². The predicted molar refractivity (Wildman–Crippen MR) is 114 cm³/mol. The Morgan fingerprint density at radius 1 is 1.32 bits per heavy atom. The van der Waals surface area contributed by atoms with Crippen molar-refractivity contribution in [2.24, 2.45) is 0 Å². The Hall–Kier alpha value is -2.16. The lowest BCUT2D eigenvalue weighted by atomic mass is 10.2. The Balaban J connectivity index is 1.97. The summed E-state index contributed by atoms with van der Waals surface area (Å²) in [5.41, 5.74) is 0.800. The van der Waals surface area contributed by atoms with Gasteiger partial charge < -0.3 is 15.2 Å². The number of hydrogen-bond donors (Lipinski definition) is 2. The van der Waals surface area contributed by atoms with Crippen molar-refractivity contribution >= 4 is 45.1 Å². The van der Waals surface area contributed by atoms with Gasteiger partial charge in [0.2, 0.25) is 0 Å². The number of nitrogens with zero attached hydrogens (tertiary/aromatic N) is 2. The summed E-state index contributed by atoms with van der Waals surface area (Å²) >= 11 is 2.97. The third-order valence-corrected chi connectivity index (χ3v) is 6.15. The second kappa shape index (κ2) is 9.36. The molecule has 0 saturated carbocycles. The average molecular weight is 418 g/mol. The number of carbonyl (C=O) groups is 1. The third-order valence-electron chi connectivity index (χ3n) is 3.97. The van der Waals surface area contributed by atoms with Crippen LogP contribution in [-0.4, -0.2) is 40.3 Å². The second-order valence-electron chi connectivity index (χ2n) is 6.28. The topological polar surface area (TPSA) is 84.3 Å². The van der Waals surface area contributed by atoms with Crippen LogP contribution in [0.4, 0.5) is 5.82 Å². The monoisotopic (exact) mass is 417 g/mol. The molecule has 1 atom stereocenters. The minimum atomic E-state index is -0.518. The number of hydrogen-bond acceptors (Lipinski definition) is 8. The van der Waals surface area contributed by atoms with Gasteiger partial charge in [-0.15, -0.1) is 23.1 Å². The van der Waals surface area contributed by atoms with Crippen molar-refractivity contribution in [1.29, 1.82) is 0 Å². The number of nitrogens with one attached hydrogen (secondary N) is 1. The van der Waals surface area contributed by atoms with Gasteiger partial charge in [0.1, 0.15) is 21.3 Å². The lowest BCUT2D eigenvalue weighted by molar-refractivity contribution is 0.0531. The first-order valence-electron chi connectivity index (χ1n) is 9.06. The molecule has 0 aliphatic heterocycles. The molecule has 8 heteroatoms. The third kappa shape index (κ3) is 4.81. The summed E-state index contributed by atoms with van der Waals surface area (Å²) in [7, 11) is 0. The number of aromatic nitrogens is 2. The zero-order chi connectivity index (χ0) is 20.1. The Kier molecular flexibility index (Phi) is 6.88. The molecule has 0 bridgehead atoms. The maximum Gasteiger partial charge on any atom is 0.348 e. The first-order valence-corrected chi connectivity index (χ1v) is 10.9. The predicted octanol–water partition coefficient (Wildman–Crippen LogP) is 4.26. The van der Waals surface area contributed by atoms with Gasteiger partial charge in [-0.05, 0) is 38.5 Å². The van der Waals surface area contributed by atoms with Gasteiger partial charge in [-0.3, -0.25) is 0 Å². The normalized spacial score (nSPS) is 12.1. The number of rotatable bonds is 8. The summed E-state index contributed by atoms with van der Waals surface area (Å²) in [4.78, 5) is 24.1. The van der Waals surface area contributed by atoms with Gasteiger partial charge in [0, 0.05) is 11.4 Å². The van der Waals surface area contributed by atoms with Gasteiger partial charge >= 0.3 is 5.97 Å². The number of aliphatic hydroxyl groups excluding tert-OH is 1. The van der Waals surface area contributed by atoms with Gasteiger partial charge in [0.15, 0.2) is 0 Å². The van der Waals surface area contributed by atoms with Crippen molar-refractivity contribution < 1.29 is 14.6 Å². The molecule has 0 saturated heterocycles. The van der Waals surface area contributed by atoms with E-state index in [0.717, 1.165) is 20.7 Å². The number of anilines is 1. The molecular formula is C20H23N3O3S2. The molecule has 6 nitrogen and oxygen atoms in total. The minimum Gasteiger partial charge on any atom is -0.462 e. The van der Waals surface area contributed by atoms with Crippen molar-refractivity contribution in [1.82, 2.24) is 9.97 Å². The van der Waals surface area contributed by atoms with Crippen molar-refractivity contribution in [3.05, 3.63) is 46.6 Å². The number of fused-ring (bicyclic) bond motifs is 1. The number of aliphatic hydroxyl groups is 1. The first-order chi connectivity index (χ1) is 13.5. The molecule has 1 unspecified atom stereocenters. The van der Waals surface area contributed by atoms with Crippen LogP contribution in [0.1, 0.15) is 34.9 Å². The lowest BCUT2D eigenvalue weighted by Crippen LogP contribution is -2.17. The van der Waals surface area contributed by atoms with Crippen LogP contribution in [0.25, 0.3) is 10.2 Å². The van der Waals surface area contributed by atoms with Crippen LogP contribution in [0.2, 0.25) is 0 Å². The number of thioether (sulfide) groups is 1. The molecule has 2 aromatic heterocycles. The number of benzene rings is 1. The van der Waals surface area contributed by atoms with Crippen LogP contribution in [0.5, 0.6) is 0 Å². The van der Waals surface area contributed by atoms with Gasteiger partial charge in [-0.1, -0.05) is 18.2 Å². The van der Waals surface area contributed by atoms with E-state index in [1.165, 1.54) is 11.3 Å². The fourth-order valence-electron chi connectivity index (χ4n) is 2.68. The second-order valence-corrected chi connectivity index (χ2v) is 8.32. The molecular weight excluding hydrogens is 394 g/mol. The van der Waals surface area contributed by atoms with Crippen LogP contribution >= 0.6 is 23.1 Å². The van der Waals surface area contributed by atoms with Crippen LogP contribution < -0.4 is 5.32 Å². The van der Waals surface area contributed by atoms with Crippen molar-refractivity contribution in [2.45, 2.75) is 37.5 Å². The quantitative estimate of drug-likeness (QED) is 0.418. The Morgan fingerprint density at radius 2 is 2.07 bits per heavy atom. The van der Waals surface area contributed by atoms with E-state index in [4.69, 9.17) is 4.74 Å². The summed E-state index contributed by atoms with van der Waals surface area (Å²) in [6.45, 7) is 6.06. The highest BCUT2D eigenvalue weighted by Gasteiger charge is 2.21. The smallest absolute Gasteiger partial charge is 0.348 e. The highest BCUT2D eigenvalue weighted by molar-refractivity contribution is 7.98.